The Bertz CT molecular complexity index is 606. The number of carbonyl (C=O) groups excluding carboxylic acids is 2. The summed E-state index contributed by atoms with van der Waals surface area (Å²) in [6.45, 7) is 2.65. The molecule has 4 nitrogen and oxygen atoms in total. The highest BCUT2D eigenvalue weighted by Gasteiger charge is 2.11. The van der Waals surface area contributed by atoms with E-state index in [-0.39, 0.29) is 11.9 Å². The quantitative estimate of drug-likeness (QED) is 0.657. The second-order valence-corrected chi connectivity index (χ2v) is 5.22. The highest BCUT2D eigenvalue weighted by molar-refractivity contribution is 7.17. The standard InChI is InChI=1S/C15H17NO3S/c1-2-19-14(17)8-5-9-16-15(18)12-10-20-13-7-4-3-6-11(12)13/h3-4,6-7,10H,2,5,8-9H2,1H3,(H,16,18). The molecule has 5 heteroatoms. The van der Waals surface area contributed by atoms with Gasteiger partial charge in [0.1, 0.15) is 0 Å². The Morgan fingerprint density at radius 1 is 1.30 bits per heavy atom. The van der Waals surface area contributed by atoms with Crippen LogP contribution in [0.2, 0.25) is 0 Å². The summed E-state index contributed by atoms with van der Waals surface area (Å²) < 4.78 is 5.93. The minimum absolute atomic E-state index is 0.0914. The van der Waals surface area contributed by atoms with E-state index in [0.29, 0.717) is 31.6 Å². The number of thiophene rings is 1. The van der Waals surface area contributed by atoms with Gasteiger partial charge in [-0.05, 0) is 19.4 Å². The molecule has 1 N–H and O–H groups in total. The van der Waals surface area contributed by atoms with Crippen molar-refractivity contribution < 1.29 is 14.3 Å². The molecule has 1 aromatic carbocycles. The fourth-order valence-electron chi connectivity index (χ4n) is 1.92. The average Bonchev–Trinajstić information content (AvgIpc) is 2.87. The number of nitrogens with one attached hydrogen (secondary N) is 1. The summed E-state index contributed by atoms with van der Waals surface area (Å²) in [7, 11) is 0. The van der Waals surface area contributed by atoms with Gasteiger partial charge in [-0.15, -0.1) is 11.3 Å². The van der Waals surface area contributed by atoms with Crippen molar-refractivity contribution in [2.45, 2.75) is 19.8 Å². The van der Waals surface area contributed by atoms with E-state index < -0.39 is 0 Å². The minimum Gasteiger partial charge on any atom is -0.466 e. The van der Waals surface area contributed by atoms with Crippen LogP contribution < -0.4 is 5.32 Å². The number of esters is 1. The highest BCUT2D eigenvalue weighted by Crippen LogP contribution is 2.25. The van der Waals surface area contributed by atoms with E-state index in [1.54, 1.807) is 18.3 Å². The van der Waals surface area contributed by atoms with Crippen molar-refractivity contribution in [1.29, 1.82) is 0 Å². The van der Waals surface area contributed by atoms with Crippen LogP contribution in [0.4, 0.5) is 0 Å². The molecule has 0 saturated heterocycles. The molecule has 0 bridgehead atoms. The lowest BCUT2D eigenvalue weighted by Crippen LogP contribution is -2.24. The number of hydrogen-bond donors (Lipinski definition) is 1. The Balaban J connectivity index is 1.85. The third-order valence-electron chi connectivity index (χ3n) is 2.87. The number of hydrogen-bond acceptors (Lipinski definition) is 4. The van der Waals surface area contributed by atoms with E-state index >= 15 is 0 Å². The average molecular weight is 291 g/mol. The molecule has 1 heterocycles. The van der Waals surface area contributed by atoms with Crippen LogP contribution in [0.25, 0.3) is 10.1 Å². The van der Waals surface area contributed by atoms with Gasteiger partial charge in [-0.25, -0.2) is 0 Å². The molecular formula is C15H17NO3S. The highest BCUT2D eigenvalue weighted by atomic mass is 32.1. The van der Waals surface area contributed by atoms with Gasteiger partial charge < -0.3 is 10.1 Å². The number of carbonyl (C=O) groups is 2. The lowest BCUT2D eigenvalue weighted by atomic mass is 10.1. The van der Waals surface area contributed by atoms with Gasteiger partial charge in [-0.1, -0.05) is 18.2 Å². The van der Waals surface area contributed by atoms with E-state index in [2.05, 4.69) is 5.32 Å². The molecule has 0 saturated carbocycles. The maximum Gasteiger partial charge on any atom is 0.305 e. The minimum atomic E-state index is -0.220. The van der Waals surface area contributed by atoms with Crippen molar-refractivity contribution in [3.05, 3.63) is 35.2 Å². The summed E-state index contributed by atoms with van der Waals surface area (Å²) in [4.78, 5) is 23.2. The molecule has 1 aromatic heterocycles. The zero-order valence-electron chi connectivity index (χ0n) is 11.3. The number of benzene rings is 1. The zero-order chi connectivity index (χ0) is 14.4. The van der Waals surface area contributed by atoms with Crippen LogP contribution in [0.15, 0.2) is 29.6 Å². The predicted octanol–water partition coefficient (Wildman–Crippen LogP) is 2.97. The number of ether oxygens (including phenoxy) is 1. The summed E-state index contributed by atoms with van der Waals surface area (Å²) in [6, 6.07) is 7.82. The van der Waals surface area contributed by atoms with Crippen LogP contribution in [0, 0.1) is 0 Å². The summed E-state index contributed by atoms with van der Waals surface area (Å²) in [5.41, 5.74) is 0.696. The van der Waals surface area contributed by atoms with Crippen molar-refractivity contribution in [1.82, 2.24) is 5.32 Å². The van der Waals surface area contributed by atoms with Crippen LogP contribution >= 0.6 is 11.3 Å². The van der Waals surface area contributed by atoms with Gasteiger partial charge in [-0.2, -0.15) is 0 Å². The lowest BCUT2D eigenvalue weighted by Gasteiger charge is -2.04. The molecule has 106 valence electrons. The molecule has 2 rings (SSSR count). The van der Waals surface area contributed by atoms with Gasteiger partial charge in [0.25, 0.3) is 5.91 Å². The van der Waals surface area contributed by atoms with Crippen molar-refractivity contribution in [3.8, 4) is 0 Å². The molecule has 0 radical (unpaired) electrons. The lowest BCUT2D eigenvalue weighted by molar-refractivity contribution is -0.143. The molecule has 0 aliphatic carbocycles. The van der Waals surface area contributed by atoms with Crippen LogP contribution in [-0.2, 0) is 9.53 Å². The molecule has 0 atom stereocenters. The summed E-state index contributed by atoms with van der Waals surface area (Å²) in [5, 5.41) is 5.67. The van der Waals surface area contributed by atoms with Gasteiger partial charge in [0, 0.05) is 28.4 Å². The first-order valence-corrected chi connectivity index (χ1v) is 7.50. The molecular weight excluding hydrogens is 274 g/mol. The van der Waals surface area contributed by atoms with Gasteiger partial charge >= 0.3 is 5.97 Å². The third-order valence-corrected chi connectivity index (χ3v) is 3.84. The monoisotopic (exact) mass is 291 g/mol. The number of rotatable bonds is 6. The largest absolute Gasteiger partial charge is 0.466 e. The van der Waals surface area contributed by atoms with Crippen LogP contribution in [0.3, 0.4) is 0 Å². The Kier molecular flexibility index (Phi) is 5.12. The SMILES string of the molecule is CCOC(=O)CCCNC(=O)c1csc2ccccc12. The van der Waals surface area contributed by atoms with Crippen molar-refractivity contribution in [2.24, 2.45) is 0 Å². The van der Waals surface area contributed by atoms with Gasteiger partial charge in [0.2, 0.25) is 0 Å². The third kappa shape index (κ3) is 3.57. The number of fused-ring (bicyclic) bond motifs is 1. The molecule has 0 aliphatic rings. The van der Waals surface area contributed by atoms with Crippen LogP contribution in [0.1, 0.15) is 30.1 Å². The van der Waals surface area contributed by atoms with E-state index in [4.69, 9.17) is 4.74 Å². The van der Waals surface area contributed by atoms with Crippen LogP contribution in [-0.4, -0.2) is 25.0 Å². The molecule has 0 aliphatic heterocycles. The first-order valence-electron chi connectivity index (χ1n) is 6.62. The molecule has 0 spiro atoms. The fraction of sp³-hybridized carbons (Fsp3) is 0.333. The van der Waals surface area contributed by atoms with E-state index in [9.17, 15) is 9.59 Å². The smallest absolute Gasteiger partial charge is 0.305 e. The van der Waals surface area contributed by atoms with Crippen LogP contribution in [0.5, 0.6) is 0 Å². The Morgan fingerprint density at radius 3 is 2.90 bits per heavy atom. The van der Waals surface area contributed by atoms with E-state index in [0.717, 1.165) is 10.1 Å². The predicted molar refractivity (Wildman–Crippen MR) is 80.0 cm³/mol. The zero-order valence-corrected chi connectivity index (χ0v) is 12.2. The van der Waals surface area contributed by atoms with Gasteiger partial charge in [0.15, 0.2) is 0 Å². The normalized spacial score (nSPS) is 10.4. The van der Waals surface area contributed by atoms with Crippen molar-refractivity contribution in [3.63, 3.8) is 0 Å². The second kappa shape index (κ2) is 7.05. The Labute approximate surface area is 121 Å². The Morgan fingerprint density at radius 2 is 2.10 bits per heavy atom. The Hall–Kier alpha value is -1.88. The first-order chi connectivity index (χ1) is 9.72. The first kappa shape index (κ1) is 14.5. The van der Waals surface area contributed by atoms with E-state index in [1.807, 2.05) is 29.6 Å². The summed E-state index contributed by atoms with van der Waals surface area (Å²) in [5.74, 6) is -0.311. The maximum atomic E-state index is 12.1. The van der Waals surface area contributed by atoms with Gasteiger partial charge in [0.05, 0.1) is 12.2 Å². The maximum absolute atomic E-state index is 12.1. The second-order valence-electron chi connectivity index (χ2n) is 4.31. The van der Waals surface area contributed by atoms with E-state index in [1.165, 1.54) is 0 Å². The molecule has 0 fully saturated rings. The molecule has 0 unspecified atom stereocenters. The fourth-order valence-corrected chi connectivity index (χ4v) is 2.86. The molecule has 2 aromatic rings. The topological polar surface area (TPSA) is 55.4 Å². The molecule has 20 heavy (non-hydrogen) atoms. The van der Waals surface area contributed by atoms with Crippen molar-refractivity contribution in [2.75, 3.05) is 13.2 Å². The number of amides is 1. The molecule has 1 amide bonds. The van der Waals surface area contributed by atoms with Gasteiger partial charge in [-0.3, -0.25) is 9.59 Å². The summed E-state index contributed by atoms with van der Waals surface area (Å²) >= 11 is 1.56. The summed E-state index contributed by atoms with van der Waals surface area (Å²) in [6.07, 6.45) is 0.922. The van der Waals surface area contributed by atoms with Crippen molar-refractivity contribution >= 4 is 33.3 Å².